The van der Waals surface area contributed by atoms with E-state index in [1.54, 1.807) is 28.9 Å². The van der Waals surface area contributed by atoms with Crippen LogP contribution in [0.1, 0.15) is 53.5 Å². The molecule has 2 aromatic heterocycles. The van der Waals surface area contributed by atoms with Crippen LogP contribution in [0.3, 0.4) is 0 Å². The van der Waals surface area contributed by atoms with Crippen molar-refractivity contribution in [1.82, 2.24) is 19.4 Å². The number of nitrogens with zero attached hydrogens (tertiary/aromatic N) is 3. The summed E-state index contributed by atoms with van der Waals surface area (Å²) >= 11 is 1.18. The van der Waals surface area contributed by atoms with Gasteiger partial charge in [-0.05, 0) is 55.2 Å². The minimum absolute atomic E-state index is 0.00208. The van der Waals surface area contributed by atoms with Crippen molar-refractivity contribution < 1.29 is 17.6 Å². The van der Waals surface area contributed by atoms with E-state index in [0.29, 0.717) is 28.5 Å². The number of thiophene rings is 1. The molecule has 0 radical (unpaired) electrons. The Morgan fingerprint density at radius 3 is 2.50 bits per heavy atom. The third-order valence-electron chi connectivity index (χ3n) is 5.39. The van der Waals surface area contributed by atoms with Gasteiger partial charge in [0.05, 0.1) is 29.7 Å². The van der Waals surface area contributed by atoms with E-state index >= 15 is 0 Å². The van der Waals surface area contributed by atoms with E-state index in [9.17, 15) is 17.6 Å². The zero-order valence-electron chi connectivity index (χ0n) is 17.9. The molecule has 0 bridgehead atoms. The normalized spacial score (nSPS) is 14.9. The number of aromatic nitrogens is 2. The van der Waals surface area contributed by atoms with Gasteiger partial charge in [0, 0.05) is 18.0 Å². The van der Waals surface area contributed by atoms with E-state index < -0.39 is 10.0 Å². The molecule has 3 aromatic rings. The first-order valence-corrected chi connectivity index (χ1v) is 12.7. The zero-order valence-corrected chi connectivity index (χ0v) is 19.5. The number of carbonyl (C=O) groups is 1. The lowest BCUT2D eigenvalue weighted by atomic mass is 10.0. The second-order valence-electron chi connectivity index (χ2n) is 8.00. The summed E-state index contributed by atoms with van der Waals surface area (Å²) in [6, 6.07) is 9.27. The second-order valence-corrected chi connectivity index (χ2v) is 11.3. The molecule has 170 valence electrons. The van der Waals surface area contributed by atoms with Gasteiger partial charge >= 0.3 is 0 Å². The number of carbonyl (C=O) groups excluding carboxylic acids is 1. The second kappa shape index (κ2) is 9.13. The molecule has 0 saturated carbocycles. The van der Waals surface area contributed by atoms with Crippen molar-refractivity contribution in [2.24, 2.45) is 0 Å². The number of nitrogens with one attached hydrogen (secondary N) is 1. The maximum absolute atomic E-state index is 13.3. The highest BCUT2D eigenvalue weighted by Crippen LogP contribution is 2.28. The first-order chi connectivity index (χ1) is 15.3. The lowest BCUT2D eigenvalue weighted by molar-refractivity contribution is 0.0950. The molecule has 0 spiro atoms. The average Bonchev–Trinajstić information content (AvgIpc) is 3.53. The minimum atomic E-state index is -3.46. The van der Waals surface area contributed by atoms with E-state index in [4.69, 9.17) is 0 Å². The fourth-order valence-corrected chi connectivity index (χ4v) is 6.75. The Kier molecular flexibility index (Phi) is 6.45. The van der Waals surface area contributed by atoms with Crippen molar-refractivity contribution in [2.45, 2.75) is 43.4 Å². The number of sulfonamides is 1. The highest BCUT2D eigenvalue weighted by Gasteiger charge is 2.28. The Morgan fingerprint density at radius 2 is 1.84 bits per heavy atom. The number of hydrogen-bond donors (Lipinski definition) is 1. The van der Waals surface area contributed by atoms with Crippen LogP contribution >= 0.6 is 11.3 Å². The van der Waals surface area contributed by atoms with Gasteiger partial charge < -0.3 is 5.32 Å². The quantitative estimate of drug-likeness (QED) is 0.560. The largest absolute Gasteiger partial charge is 0.347 e. The molecule has 1 N–H and O–H groups in total. The number of rotatable bonds is 7. The number of amides is 1. The molecule has 4 rings (SSSR count). The van der Waals surface area contributed by atoms with Crippen LogP contribution in [-0.4, -0.2) is 41.5 Å². The molecule has 32 heavy (non-hydrogen) atoms. The van der Waals surface area contributed by atoms with E-state index in [1.807, 2.05) is 13.8 Å². The third-order valence-corrected chi connectivity index (χ3v) is 8.84. The molecule has 3 heterocycles. The summed E-state index contributed by atoms with van der Waals surface area (Å²) in [7, 11) is -3.46. The van der Waals surface area contributed by atoms with Crippen molar-refractivity contribution in [2.75, 3.05) is 13.1 Å². The molecule has 1 amide bonds. The predicted molar refractivity (Wildman–Crippen MR) is 121 cm³/mol. The van der Waals surface area contributed by atoms with E-state index in [0.717, 1.165) is 23.4 Å². The van der Waals surface area contributed by atoms with E-state index in [2.05, 4.69) is 10.4 Å². The molecule has 10 heteroatoms. The number of benzene rings is 1. The zero-order chi connectivity index (χ0) is 22.9. The van der Waals surface area contributed by atoms with Crippen LogP contribution < -0.4 is 5.32 Å². The highest BCUT2D eigenvalue weighted by molar-refractivity contribution is 7.91. The molecule has 7 nitrogen and oxygen atoms in total. The van der Waals surface area contributed by atoms with Crippen molar-refractivity contribution in [3.05, 3.63) is 64.5 Å². The van der Waals surface area contributed by atoms with Gasteiger partial charge in [0.1, 0.15) is 10.0 Å². The van der Waals surface area contributed by atoms with Gasteiger partial charge in [0.25, 0.3) is 15.9 Å². The van der Waals surface area contributed by atoms with Crippen LogP contribution in [0, 0.1) is 5.82 Å². The molecule has 1 aliphatic heterocycles. The SMILES string of the molecule is CC(C)c1c(C(=O)NCc2ccc(S(=O)(=O)N3CCCC3)s2)cnn1-c1ccc(F)cc1. The third kappa shape index (κ3) is 4.48. The predicted octanol–water partition coefficient (Wildman–Crippen LogP) is 3.91. The maximum atomic E-state index is 13.3. The lowest BCUT2D eigenvalue weighted by Gasteiger charge is -2.13. The highest BCUT2D eigenvalue weighted by atomic mass is 32.2. The smallest absolute Gasteiger partial charge is 0.255 e. The molecular weight excluding hydrogens is 451 g/mol. The van der Waals surface area contributed by atoms with Crippen molar-refractivity contribution >= 4 is 27.3 Å². The molecular formula is C22H25FN4O3S2. The summed E-state index contributed by atoms with van der Waals surface area (Å²) in [6.07, 6.45) is 3.28. The van der Waals surface area contributed by atoms with Crippen LogP contribution in [0.2, 0.25) is 0 Å². The van der Waals surface area contributed by atoms with Crippen molar-refractivity contribution in [3.8, 4) is 5.69 Å². The first-order valence-electron chi connectivity index (χ1n) is 10.5. The van der Waals surface area contributed by atoms with Crippen LogP contribution in [-0.2, 0) is 16.6 Å². The first kappa shape index (κ1) is 22.6. The van der Waals surface area contributed by atoms with Gasteiger partial charge in [0.15, 0.2) is 0 Å². The summed E-state index contributed by atoms with van der Waals surface area (Å²) in [5, 5.41) is 7.21. The molecule has 1 aliphatic rings. The number of halogens is 1. The van der Waals surface area contributed by atoms with Crippen LogP contribution in [0.5, 0.6) is 0 Å². The summed E-state index contributed by atoms with van der Waals surface area (Å²) in [5.74, 6) is -0.631. The van der Waals surface area contributed by atoms with Gasteiger partial charge in [-0.1, -0.05) is 13.8 Å². The molecule has 0 unspecified atom stereocenters. The molecule has 1 aromatic carbocycles. The fraction of sp³-hybridized carbons (Fsp3) is 0.364. The summed E-state index contributed by atoms with van der Waals surface area (Å²) in [5.41, 5.74) is 1.83. The van der Waals surface area contributed by atoms with Gasteiger partial charge in [-0.2, -0.15) is 9.40 Å². The van der Waals surface area contributed by atoms with Gasteiger partial charge in [-0.15, -0.1) is 11.3 Å². The van der Waals surface area contributed by atoms with Crippen LogP contribution in [0.25, 0.3) is 5.69 Å². The Bertz CT molecular complexity index is 1210. The molecule has 0 atom stereocenters. The Labute approximate surface area is 190 Å². The average molecular weight is 477 g/mol. The molecule has 1 fully saturated rings. The molecule has 0 aliphatic carbocycles. The van der Waals surface area contributed by atoms with Crippen molar-refractivity contribution in [3.63, 3.8) is 0 Å². The summed E-state index contributed by atoms with van der Waals surface area (Å²) in [6.45, 7) is 5.26. The van der Waals surface area contributed by atoms with Gasteiger partial charge in [0.2, 0.25) is 0 Å². The van der Waals surface area contributed by atoms with Crippen molar-refractivity contribution in [1.29, 1.82) is 0 Å². The number of hydrogen-bond acceptors (Lipinski definition) is 5. The standard InChI is InChI=1S/C22H25FN4O3S2/c1-15(2)21-19(14-25-27(21)17-7-5-16(23)6-8-17)22(28)24-13-18-9-10-20(31-18)32(29,30)26-11-3-4-12-26/h5-10,14-15H,3-4,11-13H2,1-2H3,(H,24,28). The maximum Gasteiger partial charge on any atom is 0.255 e. The van der Waals surface area contributed by atoms with Crippen LogP contribution in [0.15, 0.2) is 46.8 Å². The monoisotopic (exact) mass is 476 g/mol. The van der Waals surface area contributed by atoms with Gasteiger partial charge in [-0.25, -0.2) is 17.5 Å². The minimum Gasteiger partial charge on any atom is -0.347 e. The summed E-state index contributed by atoms with van der Waals surface area (Å²) in [4.78, 5) is 13.7. The van der Waals surface area contributed by atoms with E-state index in [1.165, 1.54) is 34.0 Å². The Balaban J connectivity index is 1.49. The Morgan fingerprint density at radius 1 is 1.16 bits per heavy atom. The van der Waals surface area contributed by atoms with Gasteiger partial charge in [-0.3, -0.25) is 4.79 Å². The Hall–Kier alpha value is -2.56. The topological polar surface area (TPSA) is 84.3 Å². The van der Waals surface area contributed by atoms with E-state index in [-0.39, 0.29) is 24.2 Å². The van der Waals surface area contributed by atoms with Crippen LogP contribution in [0.4, 0.5) is 4.39 Å². The summed E-state index contributed by atoms with van der Waals surface area (Å²) < 4.78 is 42.1. The fourth-order valence-electron chi connectivity index (χ4n) is 3.79. The lowest BCUT2D eigenvalue weighted by Crippen LogP contribution is -2.27. The molecule has 1 saturated heterocycles.